The van der Waals surface area contributed by atoms with Gasteiger partial charge in [0.25, 0.3) is 0 Å². The van der Waals surface area contributed by atoms with Gasteiger partial charge in [0.2, 0.25) is 0 Å². The predicted molar refractivity (Wildman–Crippen MR) is 70.3 cm³/mol. The Morgan fingerprint density at radius 3 is 2.50 bits per heavy atom. The number of nitrogens with two attached hydrogens (primary N) is 1. The first kappa shape index (κ1) is 12.1. The second-order valence-corrected chi connectivity index (χ2v) is 5.46. The lowest BCUT2D eigenvalue weighted by molar-refractivity contribution is 0.574. The molecule has 0 amide bonds. The summed E-state index contributed by atoms with van der Waals surface area (Å²) in [5.74, 6) is 0.642. The molecule has 16 heavy (non-hydrogen) atoms. The van der Waals surface area contributed by atoms with E-state index in [1.54, 1.807) is 0 Å². The van der Waals surface area contributed by atoms with Crippen LogP contribution < -0.4 is 5.73 Å². The first-order valence-electron chi connectivity index (χ1n) is 6.15. The Labute approximate surface area is 106 Å². The minimum absolute atomic E-state index is 0.566. The van der Waals surface area contributed by atoms with E-state index in [2.05, 4.69) is 27.0 Å². The van der Waals surface area contributed by atoms with Gasteiger partial charge in [-0.15, -0.1) is 0 Å². The molecule has 2 nitrogen and oxygen atoms in total. The van der Waals surface area contributed by atoms with Gasteiger partial charge in [-0.2, -0.15) is 0 Å². The van der Waals surface area contributed by atoms with Crippen LogP contribution in [0.25, 0.3) is 0 Å². The third-order valence-electron chi connectivity index (χ3n) is 3.40. The normalized spacial score (nSPS) is 18.4. The molecule has 1 fully saturated rings. The maximum absolute atomic E-state index is 5.61. The summed E-state index contributed by atoms with van der Waals surface area (Å²) in [4.78, 5) is 4.59. The number of aromatic nitrogens is 1. The topological polar surface area (TPSA) is 38.9 Å². The molecule has 2 N–H and O–H groups in total. The van der Waals surface area contributed by atoms with E-state index < -0.39 is 0 Å². The van der Waals surface area contributed by atoms with Crippen molar-refractivity contribution < 1.29 is 0 Å². The number of hydrogen-bond donors (Lipinski definition) is 1. The molecule has 0 bridgehead atoms. The molecule has 0 atom stereocenters. The fourth-order valence-electron chi connectivity index (χ4n) is 2.45. The van der Waals surface area contributed by atoms with Gasteiger partial charge in [0, 0.05) is 23.1 Å². The van der Waals surface area contributed by atoms with Crippen molar-refractivity contribution in [2.75, 3.05) is 0 Å². The molecule has 0 spiro atoms. The van der Waals surface area contributed by atoms with Gasteiger partial charge in [0.05, 0.1) is 5.69 Å². The molecule has 1 aromatic heterocycles. The molecule has 1 heterocycles. The van der Waals surface area contributed by atoms with Gasteiger partial charge in [0.15, 0.2) is 0 Å². The van der Waals surface area contributed by atoms with Crippen LogP contribution in [0.2, 0.25) is 0 Å². The Kier molecular flexibility index (Phi) is 4.36. The molecule has 1 aliphatic rings. The van der Waals surface area contributed by atoms with Crippen molar-refractivity contribution in [2.45, 2.75) is 51.0 Å². The highest BCUT2D eigenvalue weighted by molar-refractivity contribution is 9.10. The predicted octanol–water partition coefficient (Wildman–Crippen LogP) is 3.74. The van der Waals surface area contributed by atoms with E-state index in [-0.39, 0.29) is 0 Å². The average molecular weight is 283 g/mol. The van der Waals surface area contributed by atoms with Crippen molar-refractivity contribution in [1.82, 2.24) is 4.98 Å². The smallest absolute Gasteiger partial charge is 0.0576 e. The van der Waals surface area contributed by atoms with Crippen molar-refractivity contribution in [1.29, 1.82) is 0 Å². The molecule has 3 heteroatoms. The zero-order chi connectivity index (χ0) is 11.4. The van der Waals surface area contributed by atoms with Crippen molar-refractivity contribution in [3.63, 3.8) is 0 Å². The number of hydrogen-bond acceptors (Lipinski definition) is 2. The van der Waals surface area contributed by atoms with E-state index in [4.69, 9.17) is 5.73 Å². The molecule has 0 saturated heterocycles. The van der Waals surface area contributed by atoms with Crippen molar-refractivity contribution in [3.8, 4) is 0 Å². The molecule has 1 aromatic rings. The monoisotopic (exact) mass is 282 g/mol. The summed E-state index contributed by atoms with van der Waals surface area (Å²) in [6.07, 6.45) is 9.95. The van der Waals surface area contributed by atoms with Gasteiger partial charge in [0.1, 0.15) is 0 Å². The second-order valence-electron chi connectivity index (χ2n) is 4.60. The summed E-state index contributed by atoms with van der Waals surface area (Å²) in [6, 6.07) is 2.12. The highest BCUT2D eigenvalue weighted by atomic mass is 79.9. The highest BCUT2D eigenvalue weighted by Gasteiger charge is 2.18. The van der Waals surface area contributed by atoms with Gasteiger partial charge in [-0.05, 0) is 40.4 Å². The molecule has 0 aromatic carbocycles. The van der Waals surface area contributed by atoms with Crippen LogP contribution in [-0.4, -0.2) is 4.98 Å². The maximum Gasteiger partial charge on any atom is 0.0576 e. The lowest BCUT2D eigenvalue weighted by Crippen LogP contribution is -2.04. The average Bonchev–Trinajstić information content (AvgIpc) is 2.57. The molecule has 0 radical (unpaired) electrons. The Morgan fingerprint density at radius 2 is 1.94 bits per heavy atom. The Morgan fingerprint density at radius 1 is 1.25 bits per heavy atom. The summed E-state index contributed by atoms with van der Waals surface area (Å²) >= 11 is 3.63. The Balaban J connectivity index is 2.18. The zero-order valence-corrected chi connectivity index (χ0v) is 11.2. The van der Waals surface area contributed by atoms with Crippen LogP contribution in [0.5, 0.6) is 0 Å². The van der Waals surface area contributed by atoms with Gasteiger partial charge in [-0.25, -0.2) is 0 Å². The van der Waals surface area contributed by atoms with E-state index in [0.29, 0.717) is 12.5 Å². The number of nitrogens with zero attached hydrogens (tertiary/aromatic N) is 1. The third kappa shape index (κ3) is 2.83. The molecule has 88 valence electrons. The molecule has 0 unspecified atom stereocenters. The highest BCUT2D eigenvalue weighted by Crippen LogP contribution is 2.34. The fourth-order valence-corrected chi connectivity index (χ4v) is 3.17. The van der Waals surface area contributed by atoms with Crippen LogP contribution in [0.15, 0.2) is 16.7 Å². The molecular formula is C13H19BrN2. The van der Waals surface area contributed by atoms with Crippen LogP contribution in [0.4, 0.5) is 0 Å². The van der Waals surface area contributed by atoms with Crippen molar-refractivity contribution in [3.05, 3.63) is 28.0 Å². The minimum atomic E-state index is 0.566. The number of halogens is 1. The lowest BCUT2D eigenvalue weighted by Gasteiger charge is -2.15. The van der Waals surface area contributed by atoms with Gasteiger partial charge >= 0.3 is 0 Å². The first-order chi connectivity index (χ1) is 7.81. The van der Waals surface area contributed by atoms with E-state index in [1.807, 2.05) is 6.20 Å². The van der Waals surface area contributed by atoms with Gasteiger partial charge in [-0.3, -0.25) is 4.98 Å². The van der Waals surface area contributed by atoms with E-state index in [0.717, 1.165) is 10.0 Å². The van der Waals surface area contributed by atoms with Crippen molar-refractivity contribution >= 4 is 15.9 Å². The number of rotatable bonds is 2. The summed E-state index contributed by atoms with van der Waals surface area (Å²) in [5.41, 5.74) is 7.95. The van der Waals surface area contributed by atoms with Gasteiger partial charge < -0.3 is 5.73 Å². The van der Waals surface area contributed by atoms with Crippen LogP contribution >= 0.6 is 15.9 Å². The fraction of sp³-hybridized carbons (Fsp3) is 0.615. The quantitative estimate of drug-likeness (QED) is 0.840. The first-order valence-corrected chi connectivity index (χ1v) is 6.95. The Bertz CT molecular complexity index is 344. The Hall–Kier alpha value is -0.410. The molecule has 1 aliphatic carbocycles. The standard InChI is InChI=1S/C13H19BrN2/c14-12-7-10(8-15)9-16-13(12)11-5-3-1-2-4-6-11/h7,9,11H,1-6,8,15H2. The van der Waals surface area contributed by atoms with E-state index in [9.17, 15) is 0 Å². The largest absolute Gasteiger partial charge is 0.326 e. The van der Waals surface area contributed by atoms with E-state index in [1.165, 1.54) is 44.2 Å². The maximum atomic E-state index is 5.61. The summed E-state index contributed by atoms with van der Waals surface area (Å²) < 4.78 is 1.14. The van der Waals surface area contributed by atoms with Crippen LogP contribution in [0.3, 0.4) is 0 Å². The van der Waals surface area contributed by atoms with E-state index >= 15 is 0 Å². The summed E-state index contributed by atoms with van der Waals surface area (Å²) in [5, 5.41) is 0. The SMILES string of the molecule is NCc1cnc(C2CCCCCC2)c(Br)c1. The number of pyridine rings is 1. The lowest BCUT2D eigenvalue weighted by atomic mass is 9.96. The third-order valence-corrected chi connectivity index (χ3v) is 4.04. The zero-order valence-electron chi connectivity index (χ0n) is 9.58. The summed E-state index contributed by atoms with van der Waals surface area (Å²) in [7, 11) is 0. The molecule has 1 saturated carbocycles. The molecule has 2 rings (SSSR count). The van der Waals surface area contributed by atoms with Crippen LogP contribution in [0, 0.1) is 0 Å². The second kappa shape index (κ2) is 5.78. The minimum Gasteiger partial charge on any atom is -0.326 e. The van der Waals surface area contributed by atoms with Crippen LogP contribution in [-0.2, 0) is 6.54 Å². The molecule has 0 aliphatic heterocycles. The van der Waals surface area contributed by atoms with Crippen molar-refractivity contribution in [2.24, 2.45) is 5.73 Å². The summed E-state index contributed by atoms with van der Waals surface area (Å²) in [6.45, 7) is 0.566. The molecular weight excluding hydrogens is 264 g/mol. The van der Waals surface area contributed by atoms with Crippen LogP contribution in [0.1, 0.15) is 55.7 Å². The van der Waals surface area contributed by atoms with Gasteiger partial charge in [-0.1, -0.05) is 25.7 Å².